The Morgan fingerprint density at radius 2 is 1.26 bits per heavy atom. The maximum absolute atomic E-state index is 5.03. The van der Waals surface area contributed by atoms with Gasteiger partial charge in [-0.3, -0.25) is 0 Å². The van der Waals surface area contributed by atoms with E-state index in [-0.39, 0.29) is 21.1 Å². The van der Waals surface area contributed by atoms with Crippen molar-refractivity contribution in [2.24, 2.45) is 0 Å². The summed E-state index contributed by atoms with van der Waals surface area (Å²) in [6.45, 7) is 7.47. The third kappa shape index (κ3) is 5.28. The van der Waals surface area contributed by atoms with Gasteiger partial charge in [0.2, 0.25) is 0 Å². The van der Waals surface area contributed by atoms with Gasteiger partial charge in [-0.15, -0.1) is 22.6 Å². The number of hydrogen-bond donors (Lipinski definition) is 0. The largest absolute Gasteiger partial charge is 2.00 e. The first kappa shape index (κ1) is 36.1. The van der Waals surface area contributed by atoms with Gasteiger partial charge in [0.05, 0.1) is 18.0 Å². The molecule has 0 unspecified atom stereocenters. The molecule has 9 aromatic rings. The summed E-state index contributed by atoms with van der Waals surface area (Å²) in [5, 5.41) is 2.32. The fourth-order valence-corrected chi connectivity index (χ4v) is 9.64. The van der Waals surface area contributed by atoms with Crippen LogP contribution in [0.1, 0.15) is 41.7 Å². The van der Waals surface area contributed by atoms with Crippen LogP contribution in [-0.4, -0.2) is 22.3 Å². The first-order valence-corrected chi connectivity index (χ1v) is 19.9. The van der Waals surface area contributed by atoms with Crippen molar-refractivity contribution in [3.63, 3.8) is 0 Å². The van der Waals surface area contributed by atoms with E-state index in [1.807, 2.05) is 6.20 Å². The van der Waals surface area contributed by atoms with Crippen molar-refractivity contribution >= 4 is 38.9 Å². The molecule has 0 spiro atoms. The second-order valence-electron chi connectivity index (χ2n) is 15.6. The molecule has 2 aromatic heterocycles. The molecule has 11 rings (SSSR count). The van der Waals surface area contributed by atoms with Crippen molar-refractivity contribution < 1.29 is 21.1 Å². The van der Waals surface area contributed by atoms with E-state index in [2.05, 4.69) is 211 Å². The van der Waals surface area contributed by atoms with Crippen LogP contribution in [0, 0.1) is 19.1 Å². The fraction of sp³-hybridized carbons (Fsp3) is 0.113. The molecule has 0 amide bonds. The van der Waals surface area contributed by atoms with Gasteiger partial charge in [-0.05, 0) is 95.4 Å². The van der Waals surface area contributed by atoms with Gasteiger partial charge >= 0.3 is 21.1 Å². The van der Waals surface area contributed by atoms with Crippen LogP contribution >= 0.6 is 0 Å². The molecule has 0 N–H and O–H groups in total. The maximum atomic E-state index is 5.03. The number of aryl methyl sites for hydroxylation is 1. The molecule has 1 aliphatic heterocycles. The Morgan fingerprint density at radius 3 is 2.02 bits per heavy atom. The van der Waals surface area contributed by atoms with Crippen LogP contribution in [0.2, 0.25) is 0 Å². The standard InChI is InChI=1S/C53H40N4.Pt/c1-35(2)55-34-56(50-26-13-12-25-49(50)55)40-17-14-16-38(32-40)53(46-22-9-6-19-42(46)43-20-7-10-23-47(43)53)39-27-28-45-44-21-8-11-24-48(44)57(51(45)33-39)52-31-37(29-30-54-52)41-18-5-4-15-36(41)3;/h4-31,35H,34H2,1-3H3;/q-2;+2. The number of benzene rings is 7. The van der Waals surface area contributed by atoms with E-state index in [4.69, 9.17) is 4.98 Å². The summed E-state index contributed by atoms with van der Waals surface area (Å²) < 4.78 is 2.30. The molecule has 0 bridgehead atoms. The summed E-state index contributed by atoms with van der Waals surface area (Å²) >= 11 is 0. The summed E-state index contributed by atoms with van der Waals surface area (Å²) in [7, 11) is 0. The number of rotatable bonds is 6. The van der Waals surface area contributed by atoms with Crippen molar-refractivity contribution in [1.29, 1.82) is 0 Å². The second kappa shape index (κ2) is 14.0. The Balaban J connectivity index is 0.00000408. The van der Waals surface area contributed by atoms with Gasteiger partial charge in [0, 0.05) is 23.2 Å². The van der Waals surface area contributed by atoms with Crippen molar-refractivity contribution in [3.05, 3.63) is 210 Å². The molecule has 3 heterocycles. The molecule has 7 aromatic carbocycles. The molecule has 5 heteroatoms. The van der Waals surface area contributed by atoms with Crippen molar-refractivity contribution in [2.75, 3.05) is 16.5 Å². The van der Waals surface area contributed by atoms with E-state index in [1.54, 1.807) is 0 Å². The van der Waals surface area contributed by atoms with E-state index in [9.17, 15) is 0 Å². The Kier molecular flexibility index (Phi) is 8.73. The quantitative estimate of drug-likeness (QED) is 0.155. The van der Waals surface area contributed by atoms with Gasteiger partial charge in [-0.1, -0.05) is 114 Å². The summed E-state index contributed by atoms with van der Waals surface area (Å²) in [4.78, 5) is 9.91. The second-order valence-corrected chi connectivity index (χ2v) is 15.6. The predicted octanol–water partition coefficient (Wildman–Crippen LogP) is 12.4. The molecule has 0 radical (unpaired) electrons. The van der Waals surface area contributed by atoms with Crippen LogP contribution in [0.25, 0.3) is 49.9 Å². The summed E-state index contributed by atoms with van der Waals surface area (Å²) in [6, 6.07) is 68.0. The minimum absolute atomic E-state index is 0. The van der Waals surface area contributed by atoms with E-state index in [0.29, 0.717) is 6.04 Å². The van der Waals surface area contributed by atoms with Crippen LogP contribution < -0.4 is 9.80 Å². The smallest absolute Gasteiger partial charge is 0.349 e. The molecule has 2 aliphatic rings. The Labute approximate surface area is 354 Å². The predicted molar refractivity (Wildman–Crippen MR) is 235 cm³/mol. The number of hydrogen-bond acceptors (Lipinski definition) is 3. The van der Waals surface area contributed by atoms with Gasteiger partial charge in [-0.25, -0.2) is 4.98 Å². The molecule has 1 aliphatic carbocycles. The number of fused-ring (bicyclic) bond motifs is 7. The minimum atomic E-state index is -0.688. The van der Waals surface area contributed by atoms with E-state index < -0.39 is 5.41 Å². The average molecular weight is 928 g/mol. The first-order chi connectivity index (χ1) is 28.0. The first-order valence-electron chi connectivity index (χ1n) is 19.9. The van der Waals surface area contributed by atoms with Crippen LogP contribution in [0.3, 0.4) is 0 Å². The number of pyridine rings is 1. The summed E-state index contributed by atoms with van der Waals surface area (Å²) in [5.74, 6) is 0.868. The van der Waals surface area contributed by atoms with Crippen molar-refractivity contribution in [3.8, 4) is 28.1 Å². The van der Waals surface area contributed by atoms with Crippen LogP contribution in [0.5, 0.6) is 0 Å². The van der Waals surface area contributed by atoms with Gasteiger partial charge in [-0.2, -0.15) is 36.4 Å². The normalized spacial score (nSPS) is 13.8. The third-order valence-corrected chi connectivity index (χ3v) is 12.2. The Bertz CT molecular complexity index is 2990. The van der Waals surface area contributed by atoms with E-state index in [0.717, 1.165) is 51.3 Å². The monoisotopic (exact) mass is 927 g/mol. The molecule has 0 fully saturated rings. The minimum Gasteiger partial charge on any atom is -0.349 e. The van der Waals surface area contributed by atoms with Crippen molar-refractivity contribution in [2.45, 2.75) is 32.2 Å². The zero-order chi connectivity index (χ0) is 38.3. The maximum Gasteiger partial charge on any atom is 2.00 e. The van der Waals surface area contributed by atoms with Crippen LogP contribution in [0.15, 0.2) is 170 Å². The zero-order valence-electron chi connectivity index (χ0n) is 32.6. The molecule has 58 heavy (non-hydrogen) atoms. The van der Waals surface area contributed by atoms with E-state index in [1.165, 1.54) is 50.1 Å². The molecule has 0 atom stereocenters. The molecule has 0 saturated carbocycles. The van der Waals surface area contributed by atoms with Crippen LogP contribution in [-0.2, 0) is 26.5 Å². The molecule has 0 saturated heterocycles. The number of nitrogens with zero attached hydrogens (tertiary/aromatic N) is 4. The molecular weight excluding hydrogens is 888 g/mol. The van der Waals surface area contributed by atoms with Crippen molar-refractivity contribution in [1.82, 2.24) is 9.55 Å². The SMILES string of the molecule is Cc1ccccc1-c1ccnc(-n2c3[c-]c(C4(c5[c-]c(N6CN(C(C)C)c7ccccc76)ccc5)c5ccccc5-c5ccccc54)ccc3c3ccccc32)c1.[Pt+2]. The number of aromatic nitrogens is 2. The number of anilines is 3. The molecule has 282 valence electrons. The average Bonchev–Trinajstić information content (AvgIpc) is 3.91. The Morgan fingerprint density at radius 1 is 0.603 bits per heavy atom. The van der Waals surface area contributed by atoms with Gasteiger partial charge in [0.1, 0.15) is 5.82 Å². The zero-order valence-corrected chi connectivity index (χ0v) is 34.8. The molecular formula is C53H40N4Pt. The van der Waals surface area contributed by atoms with Gasteiger partial charge in [0.15, 0.2) is 0 Å². The van der Waals surface area contributed by atoms with E-state index >= 15 is 0 Å². The Hall–Kier alpha value is -6.22. The summed E-state index contributed by atoms with van der Waals surface area (Å²) in [6.07, 6.45) is 1.93. The summed E-state index contributed by atoms with van der Waals surface area (Å²) in [5.41, 5.74) is 15.6. The van der Waals surface area contributed by atoms with Gasteiger partial charge < -0.3 is 14.4 Å². The topological polar surface area (TPSA) is 24.3 Å². The van der Waals surface area contributed by atoms with Gasteiger partial charge in [0.25, 0.3) is 0 Å². The molecule has 4 nitrogen and oxygen atoms in total. The van der Waals surface area contributed by atoms with Crippen LogP contribution in [0.4, 0.5) is 17.1 Å². The third-order valence-electron chi connectivity index (χ3n) is 12.2. The number of para-hydroxylation sites is 3. The fourth-order valence-electron chi connectivity index (χ4n) is 9.64.